The van der Waals surface area contributed by atoms with Gasteiger partial charge in [-0.1, -0.05) is 41.4 Å². The standard InChI is InChI=1S/C21H19Cl2N5O/c22-16-6-4-15(5-7-16)19-8-9-20(26-25-19)27-10-12-28(13-11-27)21(29)24-18-3-1-2-17(23)14-18/h1-9,14H,10-13H2,(H,24,29). The Labute approximate surface area is 179 Å². The molecule has 0 unspecified atom stereocenters. The van der Waals surface area contributed by atoms with E-state index in [4.69, 9.17) is 23.2 Å². The van der Waals surface area contributed by atoms with Crippen molar-refractivity contribution in [1.29, 1.82) is 0 Å². The highest BCUT2D eigenvalue weighted by Gasteiger charge is 2.22. The summed E-state index contributed by atoms with van der Waals surface area (Å²) in [5, 5.41) is 12.9. The van der Waals surface area contributed by atoms with E-state index in [1.807, 2.05) is 48.5 Å². The zero-order chi connectivity index (χ0) is 20.2. The van der Waals surface area contributed by atoms with Gasteiger partial charge in [-0.25, -0.2) is 4.79 Å². The lowest BCUT2D eigenvalue weighted by molar-refractivity contribution is 0.208. The maximum atomic E-state index is 12.5. The number of hydrogen-bond donors (Lipinski definition) is 1. The van der Waals surface area contributed by atoms with E-state index in [0.717, 1.165) is 17.1 Å². The van der Waals surface area contributed by atoms with E-state index < -0.39 is 0 Å². The van der Waals surface area contributed by atoms with E-state index in [1.54, 1.807) is 17.0 Å². The highest BCUT2D eigenvalue weighted by molar-refractivity contribution is 6.31. The third-order valence-corrected chi connectivity index (χ3v) is 5.24. The van der Waals surface area contributed by atoms with E-state index >= 15 is 0 Å². The number of aromatic nitrogens is 2. The normalized spacial score (nSPS) is 14.0. The number of piperazine rings is 1. The smallest absolute Gasteiger partial charge is 0.321 e. The van der Waals surface area contributed by atoms with E-state index in [2.05, 4.69) is 20.4 Å². The summed E-state index contributed by atoms with van der Waals surface area (Å²) in [6.07, 6.45) is 0. The van der Waals surface area contributed by atoms with Crippen LogP contribution in [-0.2, 0) is 0 Å². The molecule has 8 heteroatoms. The zero-order valence-electron chi connectivity index (χ0n) is 15.6. The fourth-order valence-electron chi connectivity index (χ4n) is 3.18. The molecule has 4 rings (SSSR count). The van der Waals surface area contributed by atoms with Crippen molar-refractivity contribution in [3.63, 3.8) is 0 Å². The summed E-state index contributed by atoms with van der Waals surface area (Å²) in [5.41, 5.74) is 2.45. The van der Waals surface area contributed by atoms with E-state index in [9.17, 15) is 4.79 Å². The summed E-state index contributed by atoms with van der Waals surface area (Å²) < 4.78 is 0. The number of amides is 2. The van der Waals surface area contributed by atoms with Gasteiger partial charge in [-0.15, -0.1) is 10.2 Å². The molecule has 0 atom stereocenters. The lowest BCUT2D eigenvalue weighted by Gasteiger charge is -2.35. The minimum Gasteiger partial charge on any atom is -0.352 e. The molecule has 3 aromatic rings. The van der Waals surface area contributed by atoms with Crippen LogP contribution in [0.5, 0.6) is 0 Å². The van der Waals surface area contributed by atoms with Crippen molar-refractivity contribution in [1.82, 2.24) is 15.1 Å². The molecular formula is C21H19Cl2N5O. The van der Waals surface area contributed by atoms with Crippen LogP contribution in [0.4, 0.5) is 16.3 Å². The Morgan fingerprint density at radius 2 is 1.62 bits per heavy atom. The molecule has 2 amide bonds. The number of carbonyl (C=O) groups excluding carboxylic acids is 1. The van der Waals surface area contributed by atoms with Crippen molar-refractivity contribution >= 4 is 40.7 Å². The Balaban J connectivity index is 1.34. The van der Waals surface area contributed by atoms with Gasteiger partial charge in [-0.3, -0.25) is 0 Å². The number of nitrogens with one attached hydrogen (secondary N) is 1. The van der Waals surface area contributed by atoms with Crippen molar-refractivity contribution in [2.45, 2.75) is 0 Å². The summed E-state index contributed by atoms with van der Waals surface area (Å²) in [7, 11) is 0. The SMILES string of the molecule is O=C(Nc1cccc(Cl)c1)N1CCN(c2ccc(-c3ccc(Cl)cc3)nn2)CC1. The summed E-state index contributed by atoms with van der Waals surface area (Å²) in [6.45, 7) is 2.59. The topological polar surface area (TPSA) is 61.4 Å². The van der Waals surface area contributed by atoms with Crippen molar-refractivity contribution in [2.24, 2.45) is 0 Å². The van der Waals surface area contributed by atoms with Gasteiger partial charge in [0.15, 0.2) is 5.82 Å². The fourth-order valence-corrected chi connectivity index (χ4v) is 3.49. The second-order valence-corrected chi connectivity index (χ2v) is 7.57. The monoisotopic (exact) mass is 427 g/mol. The summed E-state index contributed by atoms with van der Waals surface area (Å²) in [5.74, 6) is 0.803. The van der Waals surface area contributed by atoms with Gasteiger partial charge in [0.05, 0.1) is 5.69 Å². The lowest BCUT2D eigenvalue weighted by Crippen LogP contribution is -2.50. The minimum absolute atomic E-state index is 0.129. The Kier molecular flexibility index (Phi) is 5.83. The maximum Gasteiger partial charge on any atom is 0.321 e. The van der Waals surface area contributed by atoms with Crippen LogP contribution in [0, 0.1) is 0 Å². The molecule has 0 aliphatic carbocycles. The molecule has 2 heterocycles. The summed E-state index contributed by atoms with van der Waals surface area (Å²) in [6, 6.07) is 18.4. The molecule has 1 aromatic heterocycles. The third kappa shape index (κ3) is 4.78. The number of urea groups is 1. The molecule has 0 radical (unpaired) electrons. The Bertz CT molecular complexity index is 987. The molecule has 6 nitrogen and oxygen atoms in total. The average molecular weight is 428 g/mol. The first-order valence-corrected chi connectivity index (χ1v) is 10.0. The van der Waals surface area contributed by atoms with Crippen LogP contribution in [0.25, 0.3) is 11.3 Å². The molecule has 1 fully saturated rings. The minimum atomic E-state index is -0.129. The van der Waals surface area contributed by atoms with Crippen LogP contribution in [0.2, 0.25) is 10.0 Å². The Hall–Kier alpha value is -2.83. The first-order chi connectivity index (χ1) is 14.1. The summed E-state index contributed by atoms with van der Waals surface area (Å²) >= 11 is 11.9. The van der Waals surface area contributed by atoms with Gasteiger partial charge >= 0.3 is 6.03 Å². The van der Waals surface area contributed by atoms with Crippen molar-refractivity contribution in [3.05, 3.63) is 70.7 Å². The van der Waals surface area contributed by atoms with Crippen LogP contribution in [0.3, 0.4) is 0 Å². The number of carbonyl (C=O) groups is 1. The van der Waals surface area contributed by atoms with E-state index in [0.29, 0.717) is 41.9 Å². The Morgan fingerprint density at radius 1 is 0.862 bits per heavy atom. The molecule has 0 saturated carbocycles. The van der Waals surface area contributed by atoms with Crippen LogP contribution in [-0.4, -0.2) is 47.3 Å². The van der Waals surface area contributed by atoms with E-state index in [1.165, 1.54) is 0 Å². The zero-order valence-corrected chi connectivity index (χ0v) is 17.1. The lowest BCUT2D eigenvalue weighted by atomic mass is 10.1. The molecular weight excluding hydrogens is 409 g/mol. The van der Waals surface area contributed by atoms with Gasteiger partial charge in [0.1, 0.15) is 0 Å². The van der Waals surface area contributed by atoms with E-state index in [-0.39, 0.29) is 6.03 Å². The molecule has 148 valence electrons. The highest BCUT2D eigenvalue weighted by atomic mass is 35.5. The third-order valence-electron chi connectivity index (χ3n) is 4.76. The maximum absolute atomic E-state index is 12.5. The fraction of sp³-hybridized carbons (Fsp3) is 0.190. The molecule has 1 N–H and O–H groups in total. The van der Waals surface area contributed by atoms with Gasteiger partial charge in [0.25, 0.3) is 0 Å². The second kappa shape index (κ2) is 8.68. The largest absolute Gasteiger partial charge is 0.352 e. The number of benzene rings is 2. The second-order valence-electron chi connectivity index (χ2n) is 6.70. The van der Waals surface area contributed by atoms with Crippen molar-refractivity contribution in [3.8, 4) is 11.3 Å². The number of rotatable bonds is 3. The predicted octanol–water partition coefficient (Wildman–Crippen LogP) is 4.80. The van der Waals surface area contributed by atoms with Gasteiger partial charge < -0.3 is 15.1 Å². The molecule has 29 heavy (non-hydrogen) atoms. The summed E-state index contributed by atoms with van der Waals surface area (Å²) in [4.78, 5) is 16.4. The molecule has 0 spiro atoms. The van der Waals surface area contributed by atoms with Crippen LogP contribution >= 0.6 is 23.2 Å². The predicted molar refractivity (Wildman–Crippen MR) is 117 cm³/mol. The van der Waals surface area contributed by atoms with Crippen LogP contribution in [0.1, 0.15) is 0 Å². The quantitative estimate of drug-likeness (QED) is 0.651. The number of nitrogens with zero attached hydrogens (tertiary/aromatic N) is 4. The van der Waals surface area contributed by atoms with Crippen LogP contribution in [0.15, 0.2) is 60.7 Å². The van der Waals surface area contributed by atoms with Crippen LogP contribution < -0.4 is 10.2 Å². The molecule has 0 bridgehead atoms. The first kappa shape index (κ1) is 19.5. The van der Waals surface area contributed by atoms with Gasteiger partial charge in [-0.05, 0) is 42.5 Å². The van der Waals surface area contributed by atoms with Gasteiger partial charge in [0.2, 0.25) is 0 Å². The highest BCUT2D eigenvalue weighted by Crippen LogP contribution is 2.21. The molecule has 1 aliphatic heterocycles. The average Bonchev–Trinajstić information content (AvgIpc) is 2.75. The molecule has 2 aromatic carbocycles. The molecule has 1 aliphatic rings. The number of anilines is 2. The van der Waals surface area contributed by atoms with Crippen molar-refractivity contribution in [2.75, 3.05) is 36.4 Å². The van der Waals surface area contributed by atoms with Crippen molar-refractivity contribution < 1.29 is 4.79 Å². The van der Waals surface area contributed by atoms with Gasteiger partial charge in [0, 0.05) is 47.5 Å². The number of halogens is 2. The first-order valence-electron chi connectivity index (χ1n) is 9.24. The van der Waals surface area contributed by atoms with Gasteiger partial charge in [-0.2, -0.15) is 0 Å². The Morgan fingerprint density at radius 3 is 2.28 bits per heavy atom. The molecule has 1 saturated heterocycles. The number of hydrogen-bond acceptors (Lipinski definition) is 4.